The van der Waals surface area contributed by atoms with Gasteiger partial charge in [-0.15, -0.1) is 0 Å². The maximum absolute atomic E-state index is 3.42. The van der Waals surface area contributed by atoms with Crippen molar-refractivity contribution in [3.05, 3.63) is 0 Å². The van der Waals surface area contributed by atoms with Crippen LogP contribution in [0, 0.1) is 5.92 Å². The average Bonchev–Trinajstić information content (AvgIpc) is 1.83. The highest BCUT2D eigenvalue weighted by Crippen LogP contribution is 2.02. The molecule has 0 rings (SSSR count). The molecule has 0 aromatic rings. The molecule has 8 heavy (non-hydrogen) atoms. The molecule has 0 radical (unpaired) electrons. The maximum Gasteiger partial charge on any atom is 0.00575 e. The van der Waals surface area contributed by atoms with E-state index in [0.717, 1.165) is 17.8 Å². The van der Waals surface area contributed by atoms with E-state index in [0.29, 0.717) is 0 Å². The van der Waals surface area contributed by atoms with Gasteiger partial charge in [0.2, 0.25) is 0 Å². The van der Waals surface area contributed by atoms with Gasteiger partial charge in [-0.25, -0.2) is 0 Å². The van der Waals surface area contributed by atoms with Crippen LogP contribution < -0.4 is 5.32 Å². The van der Waals surface area contributed by atoms with Crippen molar-refractivity contribution in [3.63, 3.8) is 0 Å². The molecule has 2 heteroatoms. The van der Waals surface area contributed by atoms with Gasteiger partial charge in [-0.05, 0) is 25.9 Å². The van der Waals surface area contributed by atoms with E-state index in [9.17, 15) is 0 Å². The quantitative estimate of drug-likeness (QED) is 0.648. The fourth-order valence-electron chi connectivity index (χ4n) is 0.468. The van der Waals surface area contributed by atoms with Crippen LogP contribution in [0.25, 0.3) is 0 Å². The number of rotatable bonds is 4. The summed E-state index contributed by atoms with van der Waals surface area (Å²) in [4.78, 5) is 0. The second-order valence-electron chi connectivity index (χ2n) is 2.15. The third kappa shape index (κ3) is 4.60. The Balaban J connectivity index is 2.86. The molecule has 0 spiro atoms. The lowest BCUT2D eigenvalue weighted by Crippen LogP contribution is -2.11. The molecule has 0 fully saturated rings. The van der Waals surface area contributed by atoms with Crippen LogP contribution in [-0.4, -0.2) is 18.9 Å². The first kappa shape index (κ1) is 8.44. The van der Waals surface area contributed by atoms with Crippen molar-refractivity contribution < 1.29 is 0 Å². The molecule has 0 aliphatic carbocycles. The molecule has 0 saturated carbocycles. The van der Waals surface area contributed by atoms with E-state index in [-0.39, 0.29) is 0 Å². The Labute approximate surface area is 60.0 Å². The van der Waals surface area contributed by atoms with Gasteiger partial charge in [0.1, 0.15) is 0 Å². The van der Waals surface area contributed by atoms with Gasteiger partial charge in [0, 0.05) is 5.33 Å². The third-order valence-electron chi connectivity index (χ3n) is 1.15. The molecule has 0 aromatic carbocycles. The summed E-state index contributed by atoms with van der Waals surface area (Å²) in [5, 5.41) is 4.23. The lowest BCUT2D eigenvalue weighted by molar-refractivity contribution is 0.573. The molecule has 0 aromatic heterocycles. The van der Waals surface area contributed by atoms with Gasteiger partial charge in [0.05, 0.1) is 0 Å². The Hall–Kier alpha value is 0.440. The van der Waals surface area contributed by atoms with Crippen LogP contribution >= 0.6 is 15.9 Å². The minimum atomic E-state index is 0.808. The standard InChI is InChI=1S/C6H14BrN/c1-6(5-7)3-4-8-2/h6,8H,3-5H2,1-2H3. The van der Waals surface area contributed by atoms with Crippen LogP contribution in [0.4, 0.5) is 0 Å². The smallest absolute Gasteiger partial charge is 0.00575 e. The monoisotopic (exact) mass is 179 g/mol. The lowest BCUT2D eigenvalue weighted by Gasteiger charge is -2.04. The fraction of sp³-hybridized carbons (Fsp3) is 1.00. The van der Waals surface area contributed by atoms with E-state index in [1.54, 1.807) is 0 Å². The Bertz CT molecular complexity index is 47.8. The van der Waals surface area contributed by atoms with Crippen molar-refractivity contribution in [1.82, 2.24) is 5.32 Å². The number of hydrogen-bond donors (Lipinski definition) is 1. The van der Waals surface area contributed by atoms with Crippen molar-refractivity contribution in [3.8, 4) is 0 Å². The highest BCUT2D eigenvalue weighted by Gasteiger charge is 1.95. The van der Waals surface area contributed by atoms with Gasteiger partial charge in [-0.3, -0.25) is 0 Å². The van der Waals surface area contributed by atoms with Gasteiger partial charge >= 0.3 is 0 Å². The molecule has 1 atom stereocenters. The van der Waals surface area contributed by atoms with Crippen molar-refractivity contribution in [2.45, 2.75) is 13.3 Å². The average molecular weight is 180 g/mol. The molecular weight excluding hydrogens is 166 g/mol. The Morgan fingerprint density at radius 1 is 1.62 bits per heavy atom. The van der Waals surface area contributed by atoms with Crippen LogP contribution in [-0.2, 0) is 0 Å². The molecule has 0 amide bonds. The summed E-state index contributed by atoms with van der Waals surface area (Å²) in [6.45, 7) is 3.37. The molecule has 0 aliphatic rings. The predicted octanol–water partition coefficient (Wildman–Crippen LogP) is 1.63. The largest absolute Gasteiger partial charge is 0.320 e. The molecule has 0 aliphatic heterocycles. The van der Waals surface area contributed by atoms with Gasteiger partial charge in [0.15, 0.2) is 0 Å². The number of nitrogens with one attached hydrogen (secondary N) is 1. The summed E-state index contributed by atoms with van der Waals surface area (Å²) < 4.78 is 0. The lowest BCUT2D eigenvalue weighted by atomic mass is 10.1. The van der Waals surface area contributed by atoms with Crippen LogP contribution in [0.3, 0.4) is 0 Å². The van der Waals surface area contributed by atoms with E-state index in [2.05, 4.69) is 28.2 Å². The van der Waals surface area contributed by atoms with Crippen LogP contribution in [0.15, 0.2) is 0 Å². The van der Waals surface area contributed by atoms with Gasteiger partial charge in [-0.2, -0.15) is 0 Å². The summed E-state index contributed by atoms with van der Waals surface area (Å²) in [5.74, 6) is 0.808. The van der Waals surface area contributed by atoms with Gasteiger partial charge in [-0.1, -0.05) is 22.9 Å². The van der Waals surface area contributed by atoms with Crippen molar-refractivity contribution in [2.75, 3.05) is 18.9 Å². The molecule has 0 heterocycles. The normalized spacial score (nSPS) is 13.9. The second kappa shape index (κ2) is 5.57. The molecule has 1 nitrogen and oxygen atoms in total. The first-order valence-electron chi connectivity index (χ1n) is 3.01. The van der Waals surface area contributed by atoms with E-state index < -0.39 is 0 Å². The highest BCUT2D eigenvalue weighted by molar-refractivity contribution is 9.09. The van der Waals surface area contributed by atoms with Crippen molar-refractivity contribution >= 4 is 15.9 Å². The summed E-state index contributed by atoms with van der Waals surface area (Å²) in [7, 11) is 1.99. The molecular formula is C6H14BrN. The number of alkyl halides is 1. The van der Waals surface area contributed by atoms with Gasteiger partial charge in [0.25, 0.3) is 0 Å². The van der Waals surface area contributed by atoms with Crippen LogP contribution in [0.5, 0.6) is 0 Å². The van der Waals surface area contributed by atoms with E-state index in [1.807, 2.05) is 7.05 Å². The molecule has 50 valence electrons. The van der Waals surface area contributed by atoms with E-state index >= 15 is 0 Å². The van der Waals surface area contributed by atoms with Gasteiger partial charge < -0.3 is 5.32 Å². The zero-order valence-corrected chi connectivity index (χ0v) is 7.16. The first-order valence-corrected chi connectivity index (χ1v) is 4.14. The summed E-state index contributed by atoms with van der Waals surface area (Å²) in [6.07, 6.45) is 1.27. The van der Waals surface area contributed by atoms with Crippen molar-refractivity contribution in [1.29, 1.82) is 0 Å². The van der Waals surface area contributed by atoms with E-state index in [1.165, 1.54) is 6.42 Å². The second-order valence-corrected chi connectivity index (χ2v) is 2.80. The summed E-state index contributed by atoms with van der Waals surface area (Å²) in [5.41, 5.74) is 0. The Kier molecular flexibility index (Phi) is 5.88. The first-order chi connectivity index (χ1) is 3.81. The molecule has 1 N–H and O–H groups in total. The minimum absolute atomic E-state index is 0.808. The number of hydrogen-bond acceptors (Lipinski definition) is 1. The molecule has 0 bridgehead atoms. The molecule has 0 saturated heterocycles. The number of halogens is 1. The third-order valence-corrected chi connectivity index (χ3v) is 2.26. The molecule has 1 unspecified atom stereocenters. The highest BCUT2D eigenvalue weighted by atomic mass is 79.9. The van der Waals surface area contributed by atoms with Crippen LogP contribution in [0.2, 0.25) is 0 Å². The maximum atomic E-state index is 3.42. The zero-order chi connectivity index (χ0) is 6.41. The Morgan fingerprint density at radius 3 is 2.62 bits per heavy atom. The van der Waals surface area contributed by atoms with Crippen molar-refractivity contribution in [2.24, 2.45) is 5.92 Å². The summed E-state index contributed by atoms with van der Waals surface area (Å²) in [6, 6.07) is 0. The SMILES string of the molecule is CNCCC(C)CBr. The van der Waals surface area contributed by atoms with Crippen LogP contribution in [0.1, 0.15) is 13.3 Å². The summed E-state index contributed by atoms with van der Waals surface area (Å²) >= 11 is 3.42. The zero-order valence-electron chi connectivity index (χ0n) is 5.58. The Morgan fingerprint density at radius 2 is 2.25 bits per heavy atom. The predicted molar refractivity (Wildman–Crippen MR) is 41.5 cm³/mol. The fourth-order valence-corrected chi connectivity index (χ4v) is 0.792. The topological polar surface area (TPSA) is 12.0 Å². The minimum Gasteiger partial charge on any atom is -0.320 e. The van der Waals surface area contributed by atoms with E-state index in [4.69, 9.17) is 0 Å².